The molecule has 0 aliphatic rings. The molecule has 0 atom stereocenters. The van der Waals surface area contributed by atoms with Crippen molar-refractivity contribution < 1.29 is 13.2 Å². The number of hydrogen-bond donors (Lipinski definition) is 1. The SMILES string of the molecule is Nc1nc(Cl)nc(-c2ccc(Br)c(C(F)(F)F)c2)n1. The van der Waals surface area contributed by atoms with E-state index in [4.69, 9.17) is 17.3 Å². The van der Waals surface area contributed by atoms with Crippen LogP contribution < -0.4 is 5.73 Å². The molecule has 9 heteroatoms. The molecule has 4 nitrogen and oxygen atoms in total. The van der Waals surface area contributed by atoms with Crippen LogP contribution in [0.15, 0.2) is 22.7 Å². The van der Waals surface area contributed by atoms with E-state index in [-0.39, 0.29) is 27.1 Å². The molecule has 100 valence electrons. The Bertz CT molecular complexity index is 612. The number of aromatic nitrogens is 3. The van der Waals surface area contributed by atoms with Crippen molar-refractivity contribution in [2.24, 2.45) is 0 Å². The molecule has 0 fully saturated rings. The fourth-order valence-corrected chi connectivity index (χ4v) is 2.01. The monoisotopic (exact) mass is 352 g/mol. The second-order valence-corrected chi connectivity index (χ2v) is 4.67. The standard InChI is InChI=1S/C10H5BrClF3N4/c11-6-2-1-4(3-5(6)10(13,14)15)7-17-8(12)19-9(16)18-7/h1-3H,(H2,16,17,18,19). The van der Waals surface area contributed by atoms with Gasteiger partial charge < -0.3 is 5.73 Å². The number of hydrogen-bond acceptors (Lipinski definition) is 4. The summed E-state index contributed by atoms with van der Waals surface area (Å²) >= 11 is 8.43. The molecule has 1 heterocycles. The summed E-state index contributed by atoms with van der Waals surface area (Å²) in [4.78, 5) is 11.0. The fourth-order valence-electron chi connectivity index (χ4n) is 1.38. The number of rotatable bonds is 1. The van der Waals surface area contributed by atoms with Gasteiger partial charge in [-0.05, 0) is 23.7 Å². The molecule has 2 N–H and O–H groups in total. The van der Waals surface area contributed by atoms with Gasteiger partial charge in [0.25, 0.3) is 0 Å². The van der Waals surface area contributed by atoms with E-state index in [2.05, 4.69) is 30.9 Å². The third-order valence-electron chi connectivity index (χ3n) is 2.16. The van der Waals surface area contributed by atoms with Crippen LogP contribution in [0.5, 0.6) is 0 Å². The van der Waals surface area contributed by atoms with Gasteiger partial charge in [-0.25, -0.2) is 0 Å². The molecule has 0 saturated heterocycles. The zero-order chi connectivity index (χ0) is 14.2. The lowest BCUT2D eigenvalue weighted by Gasteiger charge is -2.10. The zero-order valence-electron chi connectivity index (χ0n) is 9.04. The van der Waals surface area contributed by atoms with Gasteiger partial charge >= 0.3 is 6.18 Å². The Labute approximate surface area is 119 Å². The van der Waals surface area contributed by atoms with Crippen molar-refractivity contribution in [3.8, 4) is 11.4 Å². The maximum atomic E-state index is 12.8. The van der Waals surface area contributed by atoms with Crippen LogP contribution in [0.2, 0.25) is 5.28 Å². The summed E-state index contributed by atoms with van der Waals surface area (Å²) in [5.41, 5.74) is 4.68. The first kappa shape index (κ1) is 14.0. The second kappa shape index (κ2) is 4.93. The molecule has 0 saturated carbocycles. The first-order chi connectivity index (χ1) is 8.77. The average molecular weight is 354 g/mol. The number of benzene rings is 1. The van der Waals surface area contributed by atoms with E-state index in [0.29, 0.717) is 0 Å². The highest BCUT2D eigenvalue weighted by Gasteiger charge is 2.33. The van der Waals surface area contributed by atoms with Gasteiger partial charge in [0, 0.05) is 10.0 Å². The highest BCUT2D eigenvalue weighted by atomic mass is 79.9. The number of nitrogen functional groups attached to an aromatic ring is 1. The average Bonchev–Trinajstić information content (AvgIpc) is 2.26. The van der Waals surface area contributed by atoms with Crippen molar-refractivity contribution in [1.82, 2.24) is 15.0 Å². The van der Waals surface area contributed by atoms with Crippen molar-refractivity contribution in [3.05, 3.63) is 33.5 Å². The quantitative estimate of drug-likeness (QED) is 0.851. The lowest BCUT2D eigenvalue weighted by atomic mass is 10.1. The molecule has 2 rings (SSSR count). The van der Waals surface area contributed by atoms with E-state index in [1.165, 1.54) is 12.1 Å². The van der Waals surface area contributed by atoms with E-state index in [9.17, 15) is 13.2 Å². The lowest BCUT2D eigenvalue weighted by molar-refractivity contribution is -0.138. The van der Waals surface area contributed by atoms with Gasteiger partial charge in [0.1, 0.15) is 0 Å². The molecule has 0 aliphatic carbocycles. The van der Waals surface area contributed by atoms with Crippen LogP contribution in [-0.4, -0.2) is 15.0 Å². The summed E-state index contributed by atoms with van der Waals surface area (Å²) < 4.78 is 38.2. The van der Waals surface area contributed by atoms with Crippen LogP contribution in [0, 0.1) is 0 Å². The van der Waals surface area contributed by atoms with Crippen LogP contribution in [-0.2, 0) is 6.18 Å². The maximum Gasteiger partial charge on any atom is 0.417 e. The summed E-state index contributed by atoms with van der Waals surface area (Å²) in [5.74, 6) is -0.179. The summed E-state index contributed by atoms with van der Waals surface area (Å²) in [5, 5.41) is -0.182. The third kappa shape index (κ3) is 3.13. The maximum absolute atomic E-state index is 12.8. The Morgan fingerprint density at radius 1 is 1.16 bits per heavy atom. The van der Waals surface area contributed by atoms with Crippen molar-refractivity contribution in [3.63, 3.8) is 0 Å². The minimum Gasteiger partial charge on any atom is -0.368 e. The predicted octanol–water partition coefficient (Wildman–Crippen LogP) is 3.56. The van der Waals surface area contributed by atoms with E-state index in [1.54, 1.807) is 0 Å². The van der Waals surface area contributed by atoms with Crippen molar-refractivity contribution in [1.29, 1.82) is 0 Å². The molecule has 0 unspecified atom stereocenters. The Morgan fingerprint density at radius 2 is 1.84 bits per heavy atom. The number of nitrogens with zero attached hydrogens (tertiary/aromatic N) is 3. The lowest BCUT2D eigenvalue weighted by Crippen LogP contribution is -2.07. The molecular formula is C10H5BrClF3N4. The van der Waals surface area contributed by atoms with Crippen LogP contribution >= 0.6 is 27.5 Å². The number of alkyl halides is 3. The normalized spacial score (nSPS) is 11.6. The largest absolute Gasteiger partial charge is 0.417 e. The van der Waals surface area contributed by atoms with Gasteiger partial charge in [-0.2, -0.15) is 28.1 Å². The molecular weight excluding hydrogens is 348 g/mol. The van der Waals surface area contributed by atoms with Gasteiger partial charge in [0.2, 0.25) is 11.2 Å². The predicted molar refractivity (Wildman–Crippen MR) is 67.4 cm³/mol. The van der Waals surface area contributed by atoms with Gasteiger partial charge in [0.15, 0.2) is 5.82 Å². The molecule has 0 aliphatic heterocycles. The molecule has 0 radical (unpaired) electrons. The molecule has 0 spiro atoms. The molecule has 0 bridgehead atoms. The van der Waals surface area contributed by atoms with E-state index < -0.39 is 11.7 Å². The first-order valence-corrected chi connectivity index (χ1v) is 5.98. The Morgan fingerprint density at radius 3 is 2.42 bits per heavy atom. The van der Waals surface area contributed by atoms with Crippen molar-refractivity contribution >= 4 is 33.5 Å². The summed E-state index contributed by atoms with van der Waals surface area (Å²) in [6.45, 7) is 0. The zero-order valence-corrected chi connectivity index (χ0v) is 11.4. The van der Waals surface area contributed by atoms with Gasteiger partial charge in [-0.15, -0.1) is 0 Å². The van der Waals surface area contributed by atoms with Crippen molar-refractivity contribution in [2.45, 2.75) is 6.18 Å². The van der Waals surface area contributed by atoms with Crippen molar-refractivity contribution in [2.75, 3.05) is 5.73 Å². The molecule has 1 aromatic carbocycles. The van der Waals surface area contributed by atoms with Crippen LogP contribution in [0.25, 0.3) is 11.4 Å². The topological polar surface area (TPSA) is 64.7 Å². The Hall–Kier alpha value is -1.41. The minimum atomic E-state index is -4.49. The highest BCUT2D eigenvalue weighted by molar-refractivity contribution is 9.10. The fraction of sp³-hybridized carbons (Fsp3) is 0.100. The van der Waals surface area contributed by atoms with E-state index >= 15 is 0 Å². The second-order valence-electron chi connectivity index (χ2n) is 3.48. The van der Waals surface area contributed by atoms with Crippen LogP contribution in [0.1, 0.15) is 5.56 Å². The van der Waals surface area contributed by atoms with Crippen LogP contribution in [0.3, 0.4) is 0 Å². The molecule has 1 aromatic heterocycles. The number of halogens is 5. The van der Waals surface area contributed by atoms with Gasteiger partial charge in [0.05, 0.1) is 5.56 Å². The smallest absolute Gasteiger partial charge is 0.368 e. The van der Waals surface area contributed by atoms with Crippen LogP contribution in [0.4, 0.5) is 19.1 Å². The molecule has 19 heavy (non-hydrogen) atoms. The summed E-state index contributed by atoms with van der Waals surface area (Å²) in [7, 11) is 0. The molecule has 0 amide bonds. The Kier molecular flexibility index (Phi) is 3.64. The summed E-state index contributed by atoms with van der Waals surface area (Å²) in [6, 6.07) is 3.59. The van der Waals surface area contributed by atoms with Gasteiger partial charge in [-0.3, -0.25) is 0 Å². The third-order valence-corrected chi connectivity index (χ3v) is 3.02. The number of anilines is 1. The minimum absolute atomic E-state index is 0.0181. The highest BCUT2D eigenvalue weighted by Crippen LogP contribution is 2.36. The van der Waals surface area contributed by atoms with E-state index in [0.717, 1.165) is 6.07 Å². The summed E-state index contributed by atoms with van der Waals surface area (Å²) in [6.07, 6.45) is -4.49. The molecule has 2 aromatic rings. The van der Waals surface area contributed by atoms with Gasteiger partial charge in [-0.1, -0.05) is 22.0 Å². The number of nitrogens with two attached hydrogens (primary N) is 1. The Balaban J connectivity index is 2.58. The first-order valence-electron chi connectivity index (χ1n) is 4.81. The van der Waals surface area contributed by atoms with E-state index in [1.807, 2.05) is 0 Å².